The number of ether oxygens (including phenoxy) is 3. The Morgan fingerprint density at radius 1 is 1.22 bits per heavy atom. The zero-order valence-corrected chi connectivity index (χ0v) is 22.2. The molecule has 0 saturated carbocycles. The van der Waals surface area contributed by atoms with Gasteiger partial charge in [0.1, 0.15) is 0 Å². The summed E-state index contributed by atoms with van der Waals surface area (Å²) in [5.41, 5.74) is 1.01. The zero-order valence-electron chi connectivity index (χ0n) is 22.2. The lowest BCUT2D eigenvalue weighted by atomic mass is 10.0. The van der Waals surface area contributed by atoms with Crippen LogP contribution in [0.3, 0.4) is 0 Å². The second-order valence-corrected chi connectivity index (χ2v) is 10.0. The van der Waals surface area contributed by atoms with Crippen LogP contribution in [0.2, 0.25) is 0 Å². The van der Waals surface area contributed by atoms with Crippen molar-refractivity contribution < 1.29 is 14.2 Å². The van der Waals surface area contributed by atoms with Crippen LogP contribution >= 0.6 is 0 Å². The summed E-state index contributed by atoms with van der Waals surface area (Å²) in [6.07, 6.45) is 3.86. The number of fused-ring (bicyclic) bond motifs is 1. The van der Waals surface area contributed by atoms with Gasteiger partial charge in [-0.2, -0.15) is 0 Å². The lowest BCUT2D eigenvalue weighted by molar-refractivity contribution is 0.0475. The molecule has 2 atom stereocenters. The van der Waals surface area contributed by atoms with Crippen molar-refractivity contribution in [3.63, 3.8) is 0 Å². The predicted octanol–water partition coefficient (Wildman–Crippen LogP) is 3.81. The summed E-state index contributed by atoms with van der Waals surface area (Å²) in [6, 6.07) is 5.54. The van der Waals surface area contributed by atoms with Gasteiger partial charge in [-0.05, 0) is 62.1 Å². The van der Waals surface area contributed by atoms with Crippen LogP contribution in [0.5, 0.6) is 11.5 Å². The van der Waals surface area contributed by atoms with Crippen molar-refractivity contribution in [2.24, 2.45) is 0 Å². The van der Waals surface area contributed by atoms with Crippen molar-refractivity contribution in [2.45, 2.75) is 77.6 Å². The Labute approximate surface area is 211 Å². The summed E-state index contributed by atoms with van der Waals surface area (Å²) in [4.78, 5) is 18.5. The Balaban J connectivity index is 1.74. The molecule has 0 radical (unpaired) electrons. The van der Waals surface area contributed by atoms with Crippen molar-refractivity contribution in [3.05, 3.63) is 39.9 Å². The maximum absolute atomic E-state index is 13.2. The van der Waals surface area contributed by atoms with Gasteiger partial charge < -0.3 is 19.2 Å². The molecule has 1 N–H and O–H groups in total. The highest BCUT2D eigenvalue weighted by Crippen LogP contribution is 2.33. The van der Waals surface area contributed by atoms with E-state index in [1.807, 2.05) is 16.8 Å². The van der Waals surface area contributed by atoms with E-state index in [4.69, 9.17) is 14.2 Å². The summed E-state index contributed by atoms with van der Waals surface area (Å²) in [6.45, 7) is 10.5. The highest BCUT2D eigenvalue weighted by molar-refractivity contribution is 5.83. The molecule has 3 aromatic rings. The minimum atomic E-state index is -0.224. The maximum Gasteiger partial charge on any atom is 0.252 e. The standard InChI is InChI=1S/C26H38N6O4/c1-7-21(24-28-29-30-32(24)26(3,4)8-2)31(16-19-10-9-11-36-19)15-18-12-17-13-22(34-5)23(35-6)14-20(17)27-25(18)33/h12-14,19,21H,7-11,15-16H2,1-6H3,(H,27,33)/t19-,21+/m0/s1. The van der Waals surface area contributed by atoms with Gasteiger partial charge >= 0.3 is 0 Å². The molecule has 196 valence electrons. The largest absolute Gasteiger partial charge is 0.493 e. The smallest absolute Gasteiger partial charge is 0.252 e. The van der Waals surface area contributed by atoms with Crippen LogP contribution in [-0.2, 0) is 16.8 Å². The van der Waals surface area contributed by atoms with Gasteiger partial charge in [-0.15, -0.1) is 5.10 Å². The van der Waals surface area contributed by atoms with Gasteiger partial charge in [-0.3, -0.25) is 9.69 Å². The lowest BCUT2D eigenvalue weighted by Gasteiger charge is -2.34. The van der Waals surface area contributed by atoms with Gasteiger partial charge in [0.05, 0.1) is 37.4 Å². The molecule has 1 fully saturated rings. The molecule has 10 nitrogen and oxygen atoms in total. The molecule has 1 saturated heterocycles. The normalized spacial score (nSPS) is 17.1. The molecular formula is C26H38N6O4. The van der Waals surface area contributed by atoms with E-state index in [-0.39, 0.29) is 23.2 Å². The summed E-state index contributed by atoms with van der Waals surface area (Å²) in [5, 5.41) is 13.7. The molecule has 0 aliphatic carbocycles. The van der Waals surface area contributed by atoms with Gasteiger partial charge in [0.25, 0.3) is 5.56 Å². The number of nitrogens with zero attached hydrogens (tertiary/aromatic N) is 5. The van der Waals surface area contributed by atoms with E-state index < -0.39 is 0 Å². The fraction of sp³-hybridized carbons (Fsp3) is 0.615. The van der Waals surface area contributed by atoms with Crippen LogP contribution in [0.15, 0.2) is 23.0 Å². The number of methoxy groups -OCH3 is 2. The molecule has 10 heteroatoms. The number of H-pyrrole nitrogens is 1. The number of aromatic nitrogens is 5. The highest BCUT2D eigenvalue weighted by Gasteiger charge is 2.32. The number of benzene rings is 1. The number of pyridine rings is 1. The third kappa shape index (κ3) is 5.24. The van der Waals surface area contributed by atoms with Crippen molar-refractivity contribution in [1.29, 1.82) is 0 Å². The van der Waals surface area contributed by atoms with Crippen molar-refractivity contribution in [3.8, 4) is 11.5 Å². The molecule has 0 unspecified atom stereocenters. The molecule has 3 heterocycles. The molecule has 1 aliphatic heterocycles. The van der Waals surface area contributed by atoms with Crippen LogP contribution in [0, 0.1) is 0 Å². The Bertz CT molecular complexity index is 1230. The Morgan fingerprint density at radius 3 is 2.61 bits per heavy atom. The number of hydrogen-bond acceptors (Lipinski definition) is 8. The average Bonchev–Trinajstić information content (AvgIpc) is 3.57. The van der Waals surface area contributed by atoms with Crippen molar-refractivity contribution >= 4 is 10.9 Å². The van der Waals surface area contributed by atoms with E-state index >= 15 is 0 Å². The first-order valence-electron chi connectivity index (χ1n) is 12.7. The fourth-order valence-electron chi connectivity index (χ4n) is 4.85. The fourth-order valence-corrected chi connectivity index (χ4v) is 4.85. The first kappa shape index (κ1) is 26.1. The van der Waals surface area contributed by atoms with Crippen molar-refractivity contribution in [2.75, 3.05) is 27.4 Å². The molecule has 1 aliphatic rings. The summed E-state index contributed by atoms with van der Waals surface area (Å²) in [5.74, 6) is 2.00. The monoisotopic (exact) mass is 498 g/mol. The highest BCUT2D eigenvalue weighted by atomic mass is 16.5. The van der Waals surface area contributed by atoms with Gasteiger partial charge in [0, 0.05) is 36.7 Å². The SMILES string of the molecule is CC[C@H](c1nnnn1C(C)(C)CC)N(Cc1cc2cc(OC)c(OC)cc2[nH]c1=O)C[C@@H]1CCCO1. The van der Waals surface area contributed by atoms with E-state index in [2.05, 4.69) is 53.1 Å². The third-order valence-electron chi connectivity index (χ3n) is 7.32. The van der Waals surface area contributed by atoms with E-state index in [0.717, 1.165) is 43.5 Å². The molecule has 0 bridgehead atoms. The van der Waals surface area contributed by atoms with Gasteiger partial charge in [0.15, 0.2) is 17.3 Å². The molecule has 1 aromatic carbocycles. The molecule has 4 rings (SSSR count). The number of rotatable bonds is 11. The molecule has 0 amide bonds. The Hall–Kier alpha value is -2.98. The van der Waals surface area contributed by atoms with Crippen LogP contribution in [0.1, 0.15) is 70.8 Å². The molecular weight excluding hydrogens is 460 g/mol. The summed E-state index contributed by atoms with van der Waals surface area (Å²) < 4.78 is 18.8. The summed E-state index contributed by atoms with van der Waals surface area (Å²) in [7, 11) is 3.19. The van der Waals surface area contributed by atoms with Gasteiger partial charge in [0.2, 0.25) is 0 Å². The molecule has 0 spiro atoms. The van der Waals surface area contributed by atoms with Crippen LogP contribution in [0.25, 0.3) is 10.9 Å². The van der Waals surface area contributed by atoms with Crippen LogP contribution in [0.4, 0.5) is 0 Å². The maximum atomic E-state index is 13.2. The zero-order chi connectivity index (χ0) is 25.9. The second kappa shape index (κ2) is 11.0. The molecule has 36 heavy (non-hydrogen) atoms. The quantitative estimate of drug-likeness (QED) is 0.425. The number of hydrogen-bond donors (Lipinski definition) is 1. The Kier molecular flexibility index (Phi) is 7.94. The lowest BCUT2D eigenvalue weighted by Crippen LogP contribution is -2.39. The van der Waals surface area contributed by atoms with E-state index in [9.17, 15) is 4.79 Å². The van der Waals surface area contributed by atoms with E-state index in [1.165, 1.54) is 0 Å². The topological polar surface area (TPSA) is 107 Å². The average molecular weight is 499 g/mol. The first-order chi connectivity index (χ1) is 17.3. The third-order valence-corrected chi connectivity index (χ3v) is 7.32. The summed E-state index contributed by atoms with van der Waals surface area (Å²) >= 11 is 0. The first-order valence-corrected chi connectivity index (χ1v) is 12.7. The number of nitrogens with one attached hydrogen (secondary N) is 1. The van der Waals surface area contributed by atoms with Crippen LogP contribution in [-0.4, -0.2) is 63.6 Å². The van der Waals surface area contributed by atoms with Crippen LogP contribution < -0.4 is 15.0 Å². The predicted molar refractivity (Wildman–Crippen MR) is 138 cm³/mol. The number of tetrazole rings is 1. The minimum absolute atomic E-state index is 0.0736. The minimum Gasteiger partial charge on any atom is -0.493 e. The van der Waals surface area contributed by atoms with Crippen molar-refractivity contribution in [1.82, 2.24) is 30.1 Å². The van der Waals surface area contributed by atoms with Gasteiger partial charge in [-0.25, -0.2) is 4.68 Å². The van der Waals surface area contributed by atoms with Gasteiger partial charge in [-0.1, -0.05) is 13.8 Å². The van der Waals surface area contributed by atoms with E-state index in [1.54, 1.807) is 20.3 Å². The molecule has 2 aromatic heterocycles. The Morgan fingerprint density at radius 2 is 1.97 bits per heavy atom. The number of aromatic amines is 1. The van der Waals surface area contributed by atoms with E-state index in [0.29, 0.717) is 35.7 Å². The second-order valence-electron chi connectivity index (χ2n) is 10.0.